The van der Waals surface area contributed by atoms with Crippen LogP contribution in [-0.2, 0) is 4.74 Å². The highest BCUT2D eigenvalue weighted by Crippen LogP contribution is 2.25. The average Bonchev–Trinajstić information content (AvgIpc) is 3.12. The molecule has 2 aliphatic heterocycles. The van der Waals surface area contributed by atoms with E-state index in [1.807, 2.05) is 18.2 Å². The van der Waals surface area contributed by atoms with Crippen molar-refractivity contribution in [2.24, 2.45) is 9.98 Å². The Morgan fingerprint density at radius 3 is 2.85 bits per heavy atom. The van der Waals surface area contributed by atoms with Crippen molar-refractivity contribution in [2.75, 3.05) is 53.6 Å². The van der Waals surface area contributed by atoms with E-state index in [-0.39, 0.29) is 6.17 Å². The van der Waals surface area contributed by atoms with E-state index in [2.05, 4.69) is 37.0 Å². The van der Waals surface area contributed by atoms with Crippen molar-refractivity contribution in [1.29, 1.82) is 0 Å². The van der Waals surface area contributed by atoms with Crippen LogP contribution >= 0.6 is 0 Å². The summed E-state index contributed by atoms with van der Waals surface area (Å²) in [5.74, 6) is 0.808. The number of rotatable bonds is 6. The largest absolute Gasteiger partial charge is 0.491 e. The smallest absolute Gasteiger partial charge is 0.120 e. The van der Waals surface area contributed by atoms with Crippen LogP contribution in [0.2, 0.25) is 0 Å². The number of aromatic amines is 1. The molecule has 1 fully saturated rings. The number of methoxy groups -OCH3 is 1. The van der Waals surface area contributed by atoms with Gasteiger partial charge in [-0.2, -0.15) is 5.10 Å². The number of ether oxygens (including phenoxy) is 2. The molecule has 1 aromatic carbocycles. The molecule has 4 rings (SSSR count). The highest BCUT2D eigenvalue weighted by atomic mass is 16.5. The minimum atomic E-state index is 0.138. The van der Waals surface area contributed by atoms with Gasteiger partial charge in [0.15, 0.2) is 0 Å². The molecule has 1 saturated heterocycles. The number of nitrogens with one attached hydrogen (secondary N) is 1. The van der Waals surface area contributed by atoms with Crippen molar-refractivity contribution in [3.8, 4) is 5.75 Å². The van der Waals surface area contributed by atoms with Crippen LogP contribution in [0.5, 0.6) is 5.75 Å². The molecule has 0 radical (unpaired) electrons. The zero-order valence-corrected chi connectivity index (χ0v) is 15.9. The van der Waals surface area contributed by atoms with Crippen LogP contribution < -0.4 is 4.74 Å². The van der Waals surface area contributed by atoms with Gasteiger partial charge in [-0.25, -0.2) is 4.99 Å². The maximum absolute atomic E-state index is 5.75. The Bertz CT molecular complexity index is 838. The number of likely N-dealkylation sites (N-methyl/N-ethyl adjacent to an activating group) is 1. The quantitative estimate of drug-likeness (QED) is 0.778. The lowest BCUT2D eigenvalue weighted by Gasteiger charge is -2.36. The first-order valence-electron chi connectivity index (χ1n) is 9.36. The van der Waals surface area contributed by atoms with Crippen LogP contribution in [0.15, 0.2) is 28.2 Å². The number of nitrogens with zero attached hydrogens (tertiary/aromatic N) is 5. The van der Waals surface area contributed by atoms with Crippen molar-refractivity contribution in [2.45, 2.75) is 12.6 Å². The van der Waals surface area contributed by atoms with Crippen molar-refractivity contribution >= 4 is 23.0 Å². The SMILES string of the molecule is COCCOc1ccc2[nH]nc(C3=NC=NC(N4CCN(C)CC4)C3)c2c1. The number of benzene rings is 1. The monoisotopic (exact) mass is 370 g/mol. The summed E-state index contributed by atoms with van der Waals surface area (Å²) in [6.45, 7) is 5.30. The number of fused-ring (bicyclic) bond motifs is 1. The van der Waals surface area contributed by atoms with Gasteiger partial charge in [0.2, 0.25) is 0 Å². The number of aliphatic imine (C=N–C) groups is 2. The molecule has 1 aromatic heterocycles. The molecular weight excluding hydrogens is 344 g/mol. The predicted molar refractivity (Wildman–Crippen MR) is 106 cm³/mol. The zero-order chi connectivity index (χ0) is 18.6. The lowest BCUT2D eigenvalue weighted by atomic mass is 10.1. The number of hydrogen-bond donors (Lipinski definition) is 1. The summed E-state index contributed by atoms with van der Waals surface area (Å²) >= 11 is 0. The van der Waals surface area contributed by atoms with Gasteiger partial charge in [0, 0.05) is 45.1 Å². The average molecular weight is 370 g/mol. The van der Waals surface area contributed by atoms with E-state index in [4.69, 9.17) is 9.47 Å². The Hall–Kier alpha value is -2.29. The first-order valence-corrected chi connectivity index (χ1v) is 9.36. The first kappa shape index (κ1) is 18.1. The summed E-state index contributed by atoms with van der Waals surface area (Å²) in [7, 11) is 3.83. The summed E-state index contributed by atoms with van der Waals surface area (Å²) in [4.78, 5) is 13.9. The number of piperazine rings is 1. The van der Waals surface area contributed by atoms with Gasteiger partial charge < -0.3 is 14.4 Å². The Morgan fingerprint density at radius 2 is 2.04 bits per heavy atom. The summed E-state index contributed by atoms with van der Waals surface area (Å²) in [5.41, 5.74) is 2.83. The number of H-pyrrole nitrogens is 1. The minimum absolute atomic E-state index is 0.138. The highest BCUT2D eigenvalue weighted by molar-refractivity contribution is 6.12. The van der Waals surface area contributed by atoms with Gasteiger partial charge in [-0.1, -0.05) is 0 Å². The third-order valence-corrected chi connectivity index (χ3v) is 5.15. The van der Waals surface area contributed by atoms with E-state index < -0.39 is 0 Å². The van der Waals surface area contributed by atoms with E-state index in [0.29, 0.717) is 13.2 Å². The molecule has 2 aliphatic rings. The Labute approximate surface area is 158 Å². The highest BCUT2D eigenvalue weighted by Gasteiger charge is 2.26. The Kier molecular flexibility index (Phi) is 5.47. The second-order valence-electron chi connectivity index (χ2n) is 6.99. The first-order chi connectivity index (χ1) is 13.2. The van der Waals surface area contributed by atoms with E-state index in [0.717, 1.165) is 60.7 Å². The topological polar surface area (TPSA) is 78.3 Å². The molecule has 0 bridgehead atoms. The summed E-state index contributed by atoms with van der Waals surface area (Å²) in [6.07, 6.45) is 2.59. The standard InChI is InChI=1S/C19H26N6O2/c1-24-5-7-25(8-6-24)18-12-17(20-13-21-18)19-15-11-14(27-10-9-26-2)3-4-16(15)22-23-19/h3-4,11,13,18H,5-10,12H2,1-2H3,(H,22,23). The van der Waals surface area contributed by atoms with Crippen LogP contribution in [0, 0.1) is 0 Å². The molecule has 1 unspecified atom stereocenters. The van der Waals surface area contributed by atoms with Crippen molar-refractivity contribution in [3.63, 3.8) is 0 Å². The van der Waals surface area contributed by atoms with Crippen molar-refractivity contribution < 1.29 is 9.47 Å². The number of aromatic nitrogens is 2. The molecule has 0 spiro atoms. The van der Waals surface area contributed by atoms with Crippen LogP contribution in [-0.4, -0.2) is 91.8 Å². The van der Waals surface area contributed by atoms with Crippen LogP contribution in [0.1, 0.15) is 12.1 Å². The predicted octanol–water partition coefficient (Wildman–Crippen LogP) is 1.38. The van der Waals surface area contributed by atoms with Gasteiger partial charge >= 0.3 is 0 Å². The third-order valence-electron chi connectivity index (χ3n) is 5.15. The lowest BCUT2D eigenvalue weighted by Crippen LogP contribution is -2.49. The second kappa shape index (κ2) is 8.16. The third kappa shape index (κ3) is 4.02. The fourth-order valence-electron chi connectivity index (χ4n) is 3.51. The molecule has 1 N–H and O–H groups in total. The van der Waals surface area contributed by atoms with Crippen LogP contribution in [0.3, 0.4) is 0 Å². The summed E-state index contributed by atoms with van der Waals surface area (Å²) in [5, 5.41) is 8.65. The zero-order valence-electron chi connectivity index (χ0n) is 15.9. The van der Waals surface area contributed by atoms with Crippen molar-refractivity contribution in [1.82, 2.24) is 20.0 Å². The van der Waals surface area contributed by atoms with Crippen LogP contribution in [0.25, 0.3) is 10.9 Å². The molecule has 8 nitrogen and oxygen atoms in total. The van der Waals surface area contributed by atoms with Gasteiger partial charge in [-0.3, -0.25) is 15.0 Å². The van der Waals surface area contributed by atoms with E-state index >= 15 is 0 Å². The second-order valence-corrected chi connectivity index (χ2v) is 6.99. The fourth-order valence-corrected chi connectivity index (χ4v) is 3.51. The Morgan fingerprint density at radius 1 is 1.19 bits per heavy atom. The van der Waals surface area contributed by atoms with E-state index in [1.165, 1.54) is 0 Å². The molecule has 2 aromatic rings. The van der Waals surface area contributed by atoms with E-state index in [1.54, 1.807) is 13.4 Å². The lowest BCUT2D eigenvalue weighted by molar-refractivity contribution is 0.117. The minimum Gasteiger partial charge on any atom is -0.491 e. The fraction of sp³-hybridized carbons (Fsp3) is 0.526. The summed E-state index contributed by atoms with van der Waals surface area (Å²) < 4.78 is 10.8. The van der Waals surface area contributed by atoms with Crippen molar-refractivity contribution in [3.05, 3.63) is 23.9 Å². The Balaban J connectivity index is 1.52. The normalized spacial score (nSPS) is 21.6. The maximum atomic E-state index is 5.75. The molecule has 0 amide bonds. The van der Waals surface area contributed by atoms with Crippen LogP contribution in [0.4, 0.5) is 0 Å². The number of hydrogen-bond acceptors (Lipinski definition) is 7. The molecule has 3 heterocycles. The molecule has 8 heteroatoms. The molecular formula is C19H26N6O2. The summed E-state index contributed by atoms with van der Waals surface area (Å²) in [6, 6.07) is 5.95. The maximum Gasteiger partial charge on any atom is 0.120 e. The molecule has 0 saturated carbocycles. The van der Waals surface area contributed by atoms with Gasteiger partial charge in [0.05, 0.1) is 17.8 Å². The van der Waals surface area contributed by atoms with Gasteiger partial charge in [0.1, 0.15) is 30.6 Å². The molecule has 1 atom stereocenters. The van der Waals surface area contributed by atoms with Gasteiger partial charge in [-0.15, -0.1) is 0 Å². The molecule has 0 aliphatic carbocycles. The van der Waals surface area contributed by atoms with Gasteiger partial charge in [0.25, 0.3) is 0 Å². The molecule has 144 valence electrons. The van der Waals surface area contributed by atoms with E-state index in [9.17, 15) is 0 Å². The molecule has 27 heavy (non-hydrogen) atoms. The van der Waals surface area contributed by atoms with Gasteiger partial charge in [-0.05, 0) is 25.2 Å².